The van der Waals surface area contributed by atoms with Crippen LogP contribution in [0.3, 0.4) is 0 Å². The van der Waals surface area contributed by atoms with Crippen LogP contribution in [0.5, 0.6) is 0 Å². The van der Waals surface area contributed by atoms with Crippen molar-refractivity contribution >= 4 is 17.7 Å². The van der Waals surface area contributed by atoms with Crippen molar-refractivity contribution in [1.29, 1.82) is 0 Å². The molecule has 1 saturated carbocycles. The maximum absolute atomic E-state index is 13.7. The van der Waals surface area contributed by atoms with Crippen LogP contribution in [-0.4, -0.2) is 95.8 Å². The quantitative estimate of drug-likeness (QED) is 0.190. The van der Waals surface area contributed by atoms with Crippen molar-refractivity contribution in [2.45, 2.75) is 95.4 Å². The van der Waals surface area contributed by atoms with Crippen LogP contribution in [-0.2, 0) is 20.8 Å². The van der Waals surface area contributed by atoms with E-state index in [4.69, 9.17) is 12.8 Å². The summed E-state index contributed by atoms with van der Waals surface area (Å²) in [5.41, 5.74) is 0.893. The lowest BCUT2D eigenvalue weighted by atomic mass is 9.82. The Morgan fingerprint density at radius 1 is 0.955 bits per heavy atom. The average molecular weight is 609 g/mol. The van der Waals surface area contributed by atoms with Crippen LogP contribution in [0.2, 0.25) is 0 Å². The average Bonchev–Trinajstić information content (AvgIpc) is 3.03. The lowest BCUT2D eigenvalue weighted by molar-refractivity contribution is -0.136. The monoisotopic (exact) mass is 608 g/mol. The Morgan fingerprint density at radius 2 is 1.61 bits per heavy atom. The third-order valence-corrected chi connectivity index (χ3v) is 8.63. The SMILES string of the molecule is C#CCC(O)[C@H](O)C(CC1CCCCC1)NC(=O)[C@H](CC#C)NC(=O)C(CC(=O)N(C)CCN(C)CC)Cc1ccccc1. The number of carbonyl (C=O) groups is 3. The summed E-state index contributed by atoms with van der Waals surface area (Å²) in [5.74, 6) is 3.22. The third kappa shape index (κ3) is 12.7. The largest absolute Gasteiger partial charge is 0.389 e. The zero-order valence-electron chi connectivity index (χ0n) is 26.7. The summed E-state index contributed by atoms with van der Waals surface area (Å²) >= 11 is 0. The van der Waals surface area contributed by atoms with E-state index in [9.17, 15) is 24.6 Å². The molecule has 1 aliphatic carbocycles. The molecule has 9 heteroatoms. The predicted octanol–water partition coefficient (Wildman–Crippen LogP) is 2.35. The Labute approximate surface area is 264 Å². The third-order valence-electron chi connectivity index (χ3n) is 8.63. The van der Waals surface area contributed by atoms with Gasteiger partial charge >= 0.3 is 0 Å². The highest BCUT2D eigenvalue weighted by atomic mass is 16.3. The number of rotatable bonds is 18. The zero-order chi connectivity index (χ0) is 32.5. The Kier molecular flexibility index (Phi) is 16.6. The predicted molar refractivity (Wildman–Crippen MR) is 173 cm³/mol. The van der Waals surface area contributed by atoms with E-state index in [1.54, 1.807) is 11.9 Å². The van der Waals surface area contributed by atoms with Crippen LogP contribution >= 0.6 is 0 Å². The fourth-order valence-corrected chi connectivity index (χ4v) is 5.60. The number of benzene rings is 1. The molecule has 0 saturated heterocycles. The molecule has 1 aliphatic rings. The molecule has 1 aromatic carbocycles. The van der Waals surface area contributed by atoms with E-state index in [1.165, 1.54) is 0 Å². The lowest BCUT2D eigenvalue weighted by Crippen LogP contribution is -2.55. The normalized spacial score (nSPS) is 16.9. The van der Waals surface area contributed by atoms with Crippen molar-refractivity contribution in [3.63, 3.8) is 0 Å². The first kappa shape index (κ1) is 36.8. The van der Waals surface area contributed by atoms with Crippen molar-refractivity contribution in [3.8, 4) is 24.7 Å². The summed E-state index contributed by atoms with van der Waals surface area (Å²) < 4.78 is 0. The van der Waals surface area contributed by atoms with Gasteiger partial charge in [-0.25, -0.2) is 0 Å². The van der Waals surface area contributed by atoms with Crippen molar-refractivity contribution in [1.82, 2.24) is 20.4 Å². The molecule has 0 radical (unpaired) electrons. The van der Waals surface area contributed by atoms with Crippen LogP contribution in [0.4, 0.5) is 0 Å². The molecule has 0 aromatic heterocycles. The molecule has 44 heavy (non-hydrogen) atoms. The minimum Gasteiger partial charge on any atom is -0.389 e. The van der Waals surface area contributed by atoms with Gasteiger partial charge in [-0.2, -0.15) is 0 Å². The first-order valence-corrected chi connectivity index (χ1v) is 15.9. The maximum Gasteiger partial charge on any atom is 0.243 e. The number of aliphatic hydroxyl groups excluding tert-OH is 2. The first-order valence-electron chi connectivity index (χ1n) is 15.9. The molecular weight excluding hydrogens is 556 g/mol. The molecule has 4 N–H and O–H groups in total. The van der Waals surface area contributed by atoms with E-state index in [2.05, 4.69) is 27.4 Å². The molecule has 1 fully saturated rings. The summed E-state index contributed by atoms with van der Waals surface area (Å²) in [6.45, 7) is 4.15. The Morgan fingerprint density at radius 3 is 2.23 bits per heavy atom. The van der Waals surface area contributed by atoms with E-state index < -0.39 is 42.0 Å². The fourth-order valence-electron chi connectivity index (χ4n) is 5.60. The molecular formula is C35H52N4O5. The van der Waals surface area contributed by atoms with Gasteiger partial charge in [-0.15, -0.1) is 24.7 Å². The van der Waals surface area contributed by atoms with Crippen LogP contribution in [0.15, 0.2) is 30.3 Å². The molecule has 0 bridgehead atoms. The van der Waals surface area contributed by atoms with E-state index in [0.717, 1.165) is 44.2 Å². The van der Waals surface area contributed by atoms with Crippen LogP contribution in [0.25, 0.3) is 0 Å². The maximum atomic E-state index is 13.7. The number of hydrogen-bond donors (Lipinski definition) is 4. The van der Waals surface area contributed by atoms with Gasteiger partial charge < -0.3 is 30.6 Å². The minimum atomic E-state index is -1.27. The van der Waals surface area contributed by atoms with Gasteiger partial charge in [0.25, 0.3) is 0 Å². The Bertz CT molecular complexity index is 1110. The number of amides is 3. The molecule has 9 nitrogen and oxygen atoms in total. The molecule has 242 valence electrons. The highest BCUT2D eigenvalue weighted by molar-refractivity contribution is 5.91. The van der Waals surface area contributed by atoms with Gasteiger partial charge in [-0.05, 0) is 37.9 Å². The molecule has 3 amide bonds. The molecule has 2 rings (SSSR count). The van der Waals surface area contributed by atoms with Gasteiger partial charge in [-0.3, -0.25) is 14.4 Å². The topological polar surface area (TPSA) is 122 Å². The number of aliphatic hydroxyl groups is 2. The second-order valence-electron chi connectivity index (χ2n) is 12.1. The Hall–Kier alpha value is -3.37. The minimum absolute atomic E-state index is 0.0290. The van der Waals surface area contributed by atoms with Crippen molar-refractivity contribution in [2.75, 3.05) is 33.7 Å². The van der Waals surface area contributed by atoms with Crippen LogP contribution in [0, 0.1) is 36.5 Å². The van der Waals surface area contributed by atoms with Crippen LogP contribution < -0.4 is 10.6 Å². The number of nitrogens with zero attached hydrogens (tertiary/aromatic N) is 2. The zero-order valence-corrected chi connectivity index (χ0v) is 26.7. The lowest BCUT2D eigenvalue weighted by Gasteiger charge is -2.33. The van der Waals surface area contributed by atoms with E-state index in [-0.39, 0.29) is 31.1 Å². The smallest absolute Gasteiger partial charge is 0.243 e. The number of likely N-dealkylation sites (N-methyl/N-ethyl adjacent to an activating group) is 2. The summed E-state index contributed by atoms with van der Waals surface area (Å²) in [4.78, 5) is 44.1. The van der Waals surface area contributed by atoms with Gasteiger partial charge in [0.1, 0.15) is 12.1 Å². The van der Waals surface area contributed by atoms with Gasteiger partial charge in [0, 0.05) is 39.4 Å². The van der Waals surface area contributed by atoms with Gasteiger partial charge in [0.05, 0.1) is 18.1 Å². The highest BCUT2D eigenvalue weighted by Crippen LogP contribution is 2.28. The van der Waals surface area contributed by atoms with E-state index in [0.29, 0.717) is 25.9 Å². The number of nitrogens with one attached hydrogen (secondary N) is 2. The van der Waals surface area contributed by atoms with Gasteiger partial charge in [0.15, 0.2) is 0 Å². The molecule has 0 aliphatic heterocycles. The van der Waals surface area contributed by atoms with Gasteiger partial charge in [0.2, 0.25) is 17.7 Å². The summed E-state index contributed by atoms with van der Waals surface area (Å²) in [7, 11) is 3.71. The molecule has 0 heterocycles. The molecule has 1 aromatic rings. The number of carbonyl (C=O) groups excluding carboxylic acids is 3. The van der Waals surface area contributed by atoms with Crippen molar-refractivity contribution in [2.24, 2.45) is 11.8 Å². The van der Waals surface area contributed by atoms with Gasteiger partial charge in [-0.1, -0.05) is 69.4 Å². The summed E-state index contributed by atoms with van der Waals surface area (Å²) in [5, 5.41) is 27.1. The van der Waals surface area contributed by atoms with Crippen molar-refractivity contribution < 1.29 is 24.6 Å². The second-order valence-corrected chi connectivity index (χ2v) is 12.1. The number of hydrogen-bond acceptors (Lipinski definition) is 6. The summed E-state index contributed by atoms with van der Waals surface area (Å²) in [6.07, 6.45) is 14.4. The summed E-state index contributed by atoms with van der Waals surface area (Å²) in [6, 6.07) is 7.59. The first-order chi connectivity index (χ1) is 21.1. The molecule has 3 unspecified atom stereocenters. The van der Waals surface area contributed by atoms with E-state index >= 15 is 0 Å². The van der Waals surface area contributed by atoms with Crippen LogP contribution in [0.1, 0.15) is 70.3 Å². The standard InChI is InChI=1S/C35H52N4O5/c1-6-15-29(35(44)37-30(33(42)31(40)16-7-2)24-27-19-13-10-14-20-27)36-34(43)28(23-26-17-11-9-12-18-26)25-32(41)39(5)22-21-38(4)8-3/h1-2,9,11-12,17-18,27-31,33,40,42H,8,10,13-16,19-25H2,3-5H3,(H,36,43)(H,37,44)/t28?,29-,30?,31?,33+/m0/s1. The number of terminal acetylenes is 2. The van der Waals surface area contributed by atoms with Crippen molar-refractivity contribution in [3.05, 3.63) is 35.9 Å². The molecule has 0 spiro atoms. The molecule has 5 atom stereocenters. The Balaban J connectivity index is 2.20. The second kappa shape index (κ2) is 19.8. The fraction of sp³-hybridized carbons (Fsp3) is 0.629. The van der Waals surface area contributed by atoms with E-state index in [1.807, 2.05) is 44.3 Å². The highest BCUT2D eigenvalue weighted by Gasteiger charge is 2.33.